The van der Waals surface area contributed by atoms with E-state index in [0.717, 1.165) is 0 Å². The van der Waals surface area contributed by atoms with Gasteiger partial charge in [-0.05, 0) is 102 Å². The first-order valence-corrected chi connectivity index (χ1v) is 10.1. The average molecular weight is 546 g/mol. The van der Waals surface area contributed by atoms with Gasteiger partial charge in [-0.2, -0.15) is 0 Å². The molecule has 0 aliphatic rings. The van der Waals surface area contributed by atoms with Gasteiger partial charge in [-0.15, -0.1) is 18.5 Å². The van der Waals surface area contributed by atoms with Gasteiger partial charge in [0.05, 0.1) is 0 Å². The lowest BCUT2D eigenvalue weighted by atomic mass is 9.99. The first kappa shape index (κ1) is 16.8. The molecule has 0 aromatic heterocycles. The van der Waals surface area contributed by atoms with E-state index in [4.69, 9.17) is 0 Å². The topological polar surface area (TPSA) is 0 Å². The lowest BCUT2D eigenvalue weighted by Crippen LogP contribution is -1.94. The van der Waals surface area contributed by atoms with E-state index in [2.05, 4.69) is 124 Å². The van der Waals surface area contributed by atoms with Gasteiger partial charge in [0.1, 0.15) is 0 Å². The first-order valence-electron chi connectivity index (χ1n) is 6.75. The molecule has 0 radical (unpaired) electrons. The number of rotatable bonds is 2. The predicted molar refractivity (Wildman–Crippen MR) is 121 cm³/mol. The van der Waals surface area contributed by atoms with Gasteiger partial charge in [0.15, 0.2) is 0 Å². The Morgan fingerprint density at radius 2 is 1.23 bits per heavy atom. The van der Waals surface area contributed by atoms with Crippen LogP contribution in [0.25, 0.3) is 22.3 Å². The zero-order valence-electron chi connectivity index (χ0n) is 11.7. The second-order valence-electron chi connectivity index (χ2n) is 5.09. The summed E-state index contributed by atoms with van der Waals surface area (Å²) in [6.07, 6.45) is 0. The van der Waals surface area contributed by atoms with Crippen molar-refractivity contribution in [2.45, 2.75) is 0 Å². The van der Waals surface area contributed by atoms with Gasteiger partial charge in [0.2, 0.25) is 0 Å². The zero-order chi connectivity index (χ0) is 15.7. The van der Waals surface area contributed by atoms with Crippen LogP contribution >= 0.6 is 63.7 Å². The third-order valence-electron chi connectivity index (χ3n) is 3.45. The minimum Gasteiger partial charge on any atom is -0.106 e. The Labute approximate surface area is 163 Å². The van der Waals surface area contributed by atoms with Crippen molar-refractivity contribution in [3.05, 3.63) is 67.8 Å². The molecule has 4 heteroatoms. The lowest BCUT2D eigenvalue weighted by Gasteiger charge is -2.10. The molecule has 0 bridgehead atoms. The summed E-state index contributed by atoms with van der Waals surface area (Å²) < 4.78 is 2.53. The third kappa shape index (κ3) is 3.90. The van der Waals surface area contributed by atoms with Gasteiger partial charge < -0.3 is 0 Å². The Hall–Kier alpha value is -0.0200. The Kier molecular flexibility index (Phi) is 5.55. The Bertz CT molecular complexity index is 827. The van der Waals surface area contributed by atoms with Crippen molar-refractivity contribution in [1.82, 2.24) is 0 Å². The highest BCUT2D eigenvalue weighted by molar-refractivity contribution is 14.1. The van der Waals surface area contributed by atoms with Crippen molar-refractivity contribution in [2.75, 3.05) is 0 Å². The number of hydrogen-bond donors (Lipinski definition) is 0. The molecular formula is C18H14I2P2. The number of benzene rings is 3. The standard InChI is InChI=1S/C18H14I2P2/c19-14-8-12(11-1-3-15(21)4-2-11)7-13(9-14)17-6-5-16(22)10-18(17)20/h1-10H,21-22H2. The molecule has 3 aromatic carbocycles. The summed E-state index contributed by atoms with van der Waals surface area (Å²) >= 11 is 4.81. The van der Waals surface area contributed by atoms with E-state index < -0.39 is 0 Å². The summed E-state index contributed by atoms with van der Waals surface area (Å²) in [4.78, 5) is 0. The van der Waals surface area contributed by atoms with E-state index in [1.54, 1.807) is 0 Å². The third-order valence-corrected chi connectivity index (χ3v) is 5.71. The molecule has 3 aromatic rings. The average Bonchev–Trinajstić information content (AvgIpc) is 2.47. The lowest BCUT2D eigenvalue weighted by molar-refractivity contribution is 1.56. The minimum atomic E-state index is 1.21. The molecule has 0 fully saturated rings. The van der Waals surface area contributed by atoms with Gasteiger partial charge in [-0.1, -0.05) is 36.4 Å². The highest BCUT2D eigenvalue weighted by atomic mass is 127. The molecular weight excluding hydrogens is 532 g/mol. The predicted octanol–water partition coefficient (Wildman–Crippen LogP) is 5.23. The summed E-state index contributed by atoms with van der Waals surface area (Å²) in [6, 6.07) is 21.9. The molecule has 2 atom stereocenters. The molecule has 22 heavy (non-hydrogen) atoms. The number of hydrogen-bond acceptors (Lipinski definition) is 0. The summed E-state index contributed by atoms with van der Waals surface area (Å²) in [5.74, 6) is 0. The van der Waals surface area contributed by atoms with Crippen molar-refractivity contribution in [2.24, 2.45) is 0 Å². The van der Waals surface area contributed by atoms with Crippen molar-refractivity contribution in [3.63, 3.8) is 0 Å². The summed E-state index contributed by atoms with van der Waals surface area (Å²) in [6.45, 7) is 0. The summed E-state index contributed by atoms with van der Waals surface area (Å²) in [7, 11) is 5.49. The van der Waals surface area contributed by atoms with Crippen molar-refractivity contribution in [3.8, 4) is 22.3 Å². The highest BCUT2D eigenvalue weighted by Crippen LogP contribution is 2.31. The summed E-state index contributed by atoms with van der Waals surface area (Å²) in [5.41, 5.74) is 5.07. The Balaban J connectivity index is 2.12. The van der Waals surface area contributed by atoms with E-state index in [1.165, 1.54) is 40.0 Å². The normalized spacial score (nSPS) is 10.7. The van der Waals surface area contributed by atoms with Crippen LogP contribution in [0.2, 0.25) is 0 Å². The Morgan fingerprint density at radius 1 is 0.591 bits per heavy atom. The van der Waals surface area contributed by atoms with Crippen LogP contribution in [0.5, 0.6) is 0 Å². The van der Waals surface area contributed by atoms with Crippen LogP contribution in [0.4, 0.5) is 0 Å². The molecule has 0 aliphatic heterocycles. The van der Waals surface area contributed by atoms with Gasteiger partial charge in [-0.25, -0.2) is 0 Å². The van der Waals surface area contributed by atoms with E-state index >= 15 is 0 Å². The molecule has 0 aliphatic carbocycles. The maximum Gasteiger partial charge on any atom is 0.0214 e. The molecule has 0 nitrogen and oxygen atoms in total. The molecule has 110 valence electrons. The van der Waals surface area contributed by atoms with Gasteiger partial charge in [0.25, 0.3) is 0 Å². The van der Waals surface area contributed by atoms with Gasteiger partial charge in [0, 0.05) is 7.14 Å². The number of halogens is 2. The monoisotopic (exact) mass is 546 g/mol. The van der Waals surface area contributed by atoms with Crippen molar-refractivity contribution in [1.29, 1.82) is 0 Å². The quantitative estimate of drug-likeness (QED) is 0.306. The van der Waals surface area contributed by atoms with Crippen LogP contribution in [0.1, 0.15) is 0 Å². The van der Waals surface area contributed by atoms with Crippen LogP contribution in [0.3, 0.4) is 0 Å². The van der Waals surface area contributed by atoms with E-state index in [9.17, 15) is 0 Å². The molecule has 0 saturated carbocycles. The molecule has 0 amide bonds. The van der Waals surface area contributed by atoms with Crippen LogP contribution < -0.4 is 10.6 Å². The van der Waals surface area contributed by atoms with Crippen LogP contribution in [-0.2, 0) is 0 Å². The van der Waals surface area contributed by atoms with E-state index in [0.29, 0.717) is 0 Å². The fourth-order valence-corrected chi connectivity index (χ4v) is 4.67. The van der Waals surface area contributed by atoms with Crippen LogP contribution in [-0.4, -0.2) is 0 Å². The molecule has 0 N–H and O–H groups in total. The fraction of sp³-hybridized carbons (Fsp3) is 0. The van der Waals surface area contributed by atoms with E-state index in [1.807, 2.05) is 0 Å². The first-order chi connectivity index (χ1) is 10.5. The molecule has 0 heterocycles. The van der Waals surface area contributed by atoms with Crippen LogP contribution in [0.15, 0.2) is 60.7 Å². The SMILES string of the molecule is Pc1ccc(-c2cc(I)cc(-c3ccc(P)cc3I)c2)cc1. The highest BCUT2D eigenvalue weighted by Gasteiger charge is 2.07. The fourth-order valence-electron chi connectivity index (χ4n) is 2.35. The second kappa shape index (κ2) is 7.25. The summed E-state index contributed by atoms with van der Waals surface area (Å²) in [5, 5.41) is 2.43. The minimum absolute atomic E-state index is 1.21. The van der Waals surface area contributed by atoms with Gasteiger partial charge in [-0.3, -0.25) is 0 Å². The maximum atomic E-state index is 2.76. The smallest absolute Gasteiger partial charge is 0.0214 e. The second-order valence-corrected chi connectivity index (χ2v) is 8.83. The maximum absolute atomic E-state index is 2.76. The van der Waals surface area contributed by atoms with Crippen LogP contribution in [0, 0.1) is 7.14 Å². The molecule has 2 unspecified atom stereocenters. The van der Waals surface area contributed by atoms with Crippen molar-refractivity contribution >= 4 is 74.3 Å². The Morgan fingerprint density at radius 3 is 1.91 bits per heavy atom. The molecule has 0 spiro atoms. The largest absolute Gasteiger partial charge is 0.106 e. The molecule has 3 rings (SSSR count). The van der Waals surface area contributed by atoms with Gasteiger partial charge >= 0.3 is 0 Å². The van der Waals surface area contributed by atoms with Crippen molar-refractivity contribution < 1.29 is 0 Å². The zero-order valence-corrected chi connectivity index (χ0v) is 18.3. The molecule has 0 saturated heterocycles. The van der Waals surface area contributed by atoms with E-state index in [-0.39, 0.29) is 0 Å².